The molecule has 0 fully saturated rings. The average molecular weight is 354 g/mol. The third kappa shape index (κ3) is 4.70. The van der Waals surface area contributed by atoms with Crippen molar-refractivity contribution in [2.75, 3.05) is 19.0 Å². The van der Waals surface area contributed by atoms with E-state index in [2.05, 4.69) is 10.6 Å². The van der Waals surface area contributed by atoms with Crippen molar-refractivity contribution in [3.63, 3.8) is 0 Å². The van der Waals surface area contributed by atoms with Crippen LogP contribution in [-0.2, 0) is 19.9 Å². The summed E-state index contributed by atoms with van der Waals surface area (Å²) in [6.45, 7) is 6.08. The number of hydrogen-bond donors (Lipinski definition) is 2. The van der Waals surface area contributed by atoms with E-state index in [0.717, 1.165) is 16.7 Å². The van der Waals surface area contributed by atoms with Crippen LogP contribution in [-0.4, -0.2) is 25.5 Å². The number of nitrogens with one attached hydrogen (secondary N) is 2. The Labute approximate surface area is 154 Å². The van der Waals surface area contributed by atoms with Gasteiger partial charge in [-0.1, -0.05) is 43.3 Å². The lowest BCUT2D eigenvalue weighted by molar-refractivity contribution is -0.137. The van der Waals surface area contributed by atoms with Gasteiger partial charge < -0.3 is 15.4 Å². The van der Waals surface area contributed by atoms with Crippen molar-refractivity contribution in [3.05, 3.63) is 65.2 Å². The van der Waals surface area contributed by atoms with Crippen LogP contribution in [0.1, 0.15) is 30.0 Å². The van der Waals surface area contributed by atoms with Gasteiger partial charge in [0.05, 0.1) is 6.54 Å². The quantitative estimate of drug-likeness (QED) is 0.782. The molecule has 2 aromatic rings. The standard InChI is InChI=1S/C21H26N2O3/c1-5-21(26-4,17-9-7-6-8-10-17)14-22-19(24)20(25)23-18-12-15(2)11-16(3)13-18/h6-13H,5,14H2,1-4H3,(H,22,24)(H,23,25). The molecule has 2 rings (SSSR count). The summed E-state index contributed by atoms with van der Waals surface area (Å²) in [5.41, 5.74) is 2.94. The zero-order chi connectivity index (χ0) is 19.2. The van der Waals surface area contributed by atoms with Crippen molar-refractivity contribution >= 4 is 17.5 Å². The Hall–Kier alpha value is -2.66. The molecule has 0 aliphatic carbocycles. The number of methoxy groups -OCH3 is 1. The van der Waals surface area contributed by atoms with Crippen molar-refractivity contribution in [2.24, 2.45) is 0 Å². The molecule has 0 aliphatic rings. The fourth-order valence-corrected chi connectivity index (χ4v) is 3.05. The molecule has 1 atom stereocenters. The normalized spacial score (nSPS) is 12.9. The van der Waals surface area contributed by atoms with E-state index in [4.69, 9.17) is 4.74 Å². The summed E-state index contributed by atoms with van der Waals surface area (Å²) >= 11 is 0. The Bertz CT molecular complexity index is 748. The van der Waals surface area contributed by atoms with Crippen LogP contribution >= 0.6 is 0 Å². The monoisotopic (exact) mass is 354 g/mol. The first-order chi connectivity index (χ1) is 12.4. The molecule has 0 saturated heterocycles. The van der Waals surface area contributed by atoms with Crippen molar-refractivity contribution in [2.45, 2.75) is 32.8 Å². The van der Waals surface area contributed by atoms with Gasteiger partial charge in [0.15, 0.2) is 0 Å². The van der Waals surface area contributed by atoms with Crippen LogP contribution < -0.4 is 10.6 Å². The largest absolute Gasteiger partial charge is 0.372 e. The number of anilines is 1. The summed E-state index contributed by atoms with van der Waals surface area (Å²) in [5, 5.41) is 5.34. The fraction of sp³-hybridized carbons (Fsp3) is 0.333. The first-order valence-electron chi connectivity index (χ1n) is 8.68. The molecule has 0 heterocycles. The van der Waals surface area contributed by atoms with E-state index in [1.807, 2.05) is 69.3 Å². The molecule has 5 nitrogen and oxygen atoms in total. The van der Waals surface area contributed by atoms with E-state index in [1.54, 1.807) is 7.11 Å². The Morgan fingerprint density at radius 2 is 1.62 bits per heavy atom. The van der Waals surface area contributed by atoms with Crippen LogP contribution in [0.5, 0.6) is 0 Å². The minimum atomic E-state index is -0.691. The molecule has 0 aliphatic heterocycles. The number of carbonyl (C=O) groups excluding carboxylic acids is 2. The predicted octanol–water partition coefficient (Wildman–Crippen LogP) is 3.31. The number of amides is 2. The third-order valence-corrected chi connectivity index (χ3v) is 4.48. The van der Waals surface area contributed by atoms with Gasteiger partial charge in [-0.05, 0) is 49.1 Å². The highest BCUT2D eigenvalue weighted by Gasteiger charge is 2.31. The van der Waals surface area contributed by atoms with Crippen LogP contribution in [0.2, 0.25) is 0 Å². The van der Waals surface area contributed by atoms with Crippen LogP contribution in [0, 0.1) is 13.8 Å². The number of carbonyl (C=O) groups is 2. The lowest BCUT2D eigenvalue weighted by Crippen LogP contribution is -2.45. The molecular weight excluding hydrogens is 328 g/mol. The summed E-state index contributed by atoms with van der Waals surface area (Å²) < 4.78 is 5.71. The second-order valence-electron chi connectivity index (χ2n) is 6.43. The van der Waals surface area contributed by atoms with Gasteiger partial charge in [-0.25, -0.2) is 0 Å². The van der Waals surface area contributed by atoms with E-state index >= 15 is 0 Å². The van der Waals surface area contributed by atoms with Crippen LogP contribution in [0.3, 0.4) is 0 Å². The Morgan fingerprint density at radius 1 is 1.00 bits per heavy atom. The van der Waals surface area contributed by atoms with Gasteiger partial charge in [-0.3, -0.25) is 9.59 Å². The van der Waals surface area contributed by atoms with Gasteiger partial charge >= 0.3 is 11.8 Å². The summed E-state index contributed by atoms with van der Waals surface area (Å²) in [6.07, 6.45) is 0.659. The van der Waals surface area contributed by atoms with Crippen LogP contribution in [0.4, 0.5) is 5.69 Å². The second-order valence-corrected chi connectivity index (χ2v) is 6.43. The highest BCUT2D eigenvalue weighted by molar-refractivity contribution is 6.39. The average Bonchev–Trinajstić information content (AvgIpc) is 2.62. The molecule has 0 spiro atoms. The van der Waals surface area contributed by atoms with Crippen LogP contribution in [0.15, 0.2) is 48.5 Å². The molecule has 5 heteroatoms. The summed E-state index contributed by atoms with van der Waals surface area (Å²) in [7, 11) is 1.61. The molecule has 0 saturated carbocycles. The molecule has 0 bridgehead atoms. The topological polar surface area (TPSA) is 67.4 Å². The lowest BCUT2D eigenvalue weighted by Gasteiger charge is -2.32. The number of hydrogen-bond acceptors (Lipinski definition) is 3. The smallest absolute Gasteiger partial charge is 0.313 e. The predicted molar refractivity (Wildman–Crippen MR) is 103 cm³/mol. The molecule has 2 amide bonds. The molecule has 2 aromatic carbocycles. The molecule has 0 aromatic heterocycles. The molecule has 138 valence electrons. The maximum Gasteiger partial charge on any atom is 0.313 e. The minimum Gasteiger partial charge on any atom is -0.372 e. The summed E-state index contributed by atoms with van der Waals surface area (Å²) in [4.78, 5) is 24.4. The lowest BCUT2D eigenvalue weighted by atomic mass is 9.90. The van der Waals surface area contributed by atoms with Gasteiger partial charge in [0, 0.05) is 12.8 Å². The zero-order valence-electron chi connectivity index (χ0n) is 15.8. The number of aryl methyl sites for hydroxylation is 2. The van der Waals surface area contributed by atoms with E-state index < -0.39 is 17.4 Å². The zero-order valence-corrected chi connectivity index (χ0v) is 15.8. The fourth-order valence-electron chi connectivity index (χ4n) is 3.05. The number of rotatable bonds is 6. The Balaban J connectivity index is 2.04. The van der Waals surface area contributed by atoms with Gasteiger partial charge in [-0.2, -0.15) is 0 Å². The van der Waals surface area contributed by atoms with Crippen molar-refractivity contribution in [1.29, 1.82) is 0 Å². The van der Waals surface area contributed by atoms with E-state index in [1.165, 1.54) is 0 Å². The minimum absolute atomic E-state index is 0.211. The highest BCUT2D eigenvalue weighted by atomic mass is 16.5. The third-order valence-electron chi connectivity index (χ3n) is 4.48. The maximum absolute atomic E-state index is 12.2. The maximum atomic E-state index is 12.2. The van der Waals surface area contributed by atoms with E-state index in [0.29, 0.717) is 12.1 Å². The summed E-state index contributed by atoms with van der Waals surface area (Å²) in [5.74, 6) is -1.38. The Morgan fingerprint density at radius 3 is 2.15 bits per heavy atom. The Kier molecular flexibility index (Phi) is 6.52. The van der Waals surface area contributed by atoms with E-state index in [-0.39, 0.29) is 6.54 Å². The highest BCUT2D eigenvalue weighted by Crippen LogP contribution is 2.28. The van der Waals surface area contributed by atoms with Crippen molar-refractivity contribution in [3.8, 4) is 0 Å². The van der Waals surface area contributed by atoms with E-state index in [9.17, 15) is 9.59 Å². The second kappa shape index (κ2) is 8.63. The van der Waals surface area contributed by atoms with Crippen molar-refractivity contribution in [1.82, 2.24) is 5.32 Å². The molecule has 26 heavy (non-hydrogen) atoms. The molecular formula is C21H26N2O3. The molecule has 1 unspecified atom stereocenters. The first-order valence-corrected chi connectivity index (χ1v) is 8.68. The van der Waals surface area contributed by atoms with Gasteiger partial charge in [-0.15, -0.1) is 0 Å². The summed E-state index contributed by atoms with van der Waals surface area (Å²) in [6, 6.07) is 15.3. The van der Waals surface area contributed by atoms with Crippen LogP contribution in [0.25, 0.3) is 0 Å². The molecule has 0 radical (unpaired) electrons. The first kappa shape index (κ1) is 19.7. The SMILES string of the molecule is CCC(CNC(=O)C(=O)Nc1cc(C)cc(C)c1)(OC)c1ccccc1. The number of benzene rings is 2. The number of ether oxygens (including phenoxy) is 1. The van der Waals surface area contributed by atoms with Crippen molar-refractivity contribution < 1.29 is 14.3 Å². The van der Waals surface area contributed by atoms with Gasteiger partial charge in [0.1, 0.15) is 5.60 Å². The van der Waals surface area contributed by atoms with Gasteiger partial charge in [0.2, 0.25) is 0 Å². The molecule has 2 N–H and O–H groups in total. The van der Waals surface area contributed by atoms with Gasteiger partial charge in [0.25, 0.3) is 0 Å².